The molecular formula is C13H16N6O2S. The van der Waals surface area contributed by atoms with Gasteiger partial charge in [0.15, 0.2) is 5.69 Å². The molecule has 0 radical (unpaired) electrons. The number of rotatable bonds is 3. The van der Waals surface area contributed by atoms with E-state index in [4.69, 9.17) is 5.11 Å². The van der Waals surface area contributed by atoms with Crippen molar-refractivity contribution in [1.29, 1.82) is 0 Å². The van der Waals surface area contributed by atoms with Crippen LogP contribution < -0.4 is 9.80 Å². The van der Waals surface area contributed by atoms with Gasteiger partial charge in [0.05, 0.1) is 12.4 Å². The van der Waals surface area contributed by atoms with Gasteiger partial charge in [-0.25, -0.2) is 19.7 Å². The Balaban J connectivity index is 1.68. The molecule has 0 atom stereocenters. The van der Waals surface area contributed by atoms with Crippen LogP contribution in [0.1, 0.15) is 22.7 Å². The maximum absolute atomic E-state index is 10.8. The van der Waals surface area contributed by atoms with E-state index in [1.807, 2.05) is 6.92 Å². The summed E-state index contributed by atoms with van der Waals surface area (Å²) in [4.78, 5) is 27.7. The molecule has 0 aromatic carbocycles. The van der Waals surface area contributed by atoms with Crippen LogP contribution in [0.2, 0.25) is 0 Å². The Morgan fingerprint density at radius 2 is 1.95 bits per heavy atom. The molecule has 9 heteroatoms. The van der Waals surface area contributed by atoms with Crippen LogP contribution in [0.15, 0.2) is 12.4 Å². The predicted molar refractivity (Wildman–Crippen MR) is 82.7 cm³/mol. The molecule has 0 amide bonds. The molecule has 1 aliphatic heterocycles. The van der Waals surface area contributed by atoms with Crippen molar-refractivity contribution < 1.29 is 9.90 Å². The molecule has 116 valence electrons. The second-order valence-electron chi connectivity index (χ2n) is 5.02. The van der Waals surface area contributed by atoms with Gasteiger partial charge in [0.25, 0.3) is 0 Å². The quantitative estimate of drug-likeness (QED) is 0.896. The van der Waals surface area contributed by atoms with Gasteiger partial charge in [0.1, 0.15) is 11.6 Å². The van der Waals surface area contributed by atoms with Crippen molar-refractivity contribution in [1.82, 2.24) is 19.3 Å². The standard InChI is InChI=1S/C13H16N6O2S/c1-9-16-13(22-17-9)19-4-2-3-18(5-6-19)11-8-14-10(7-15-11)12(20)21/h7-8H,2-6H2,1H3,(H,20,21). The van der Waals surface area contributed by atoms with E-state index in [0.717, 1.165) is 43.6 Å². The summed E-state index contributed by atoms with van der Waals surface area (Å²) in [7, 11) is 0. The largest absolute Gasteiger partial charge is 0.476 e. The SMILES string of the molecule is Cc1nsc(N2CCCN(c3cnc(C(=O)O)cn3)CC2)n1. The highest BCUT2D eigenvalue weighted by molar-refractivity contribution is 7.09. The lowest BCUT2D eigenvalue weighted by molar-refractivity contribution is 0.0690. The lowest BCUT2D eigenvalue weighted by Gasteiger charge is -2.21. The molecule has 0 unspecified atom stereocenters. The van der Waals surface area contributed by atoms with Crippen LogP contribution in [0.4, 0.5) is 10.9 Å². The zero-order valence-electron chi connectivity index (χ0n) is 12.1. The van der Waals surface area contributed by atoms with Gasteiger partial charge in [-0.3, -0.25) is 0 Å². The average Bonchev–Trinajstić information content (AvgIpc) is 2.81. The first-order valence-corrected chi connectivity index (χ1v) is 7.76. The molecule has 0 bridgehead atoms. The third-order valence-electron chi connectivity index (χ3n) is 3.46. The second-order valence-corrected chi connectivity index (χ2v) is 5.75. The zero-order chi connectivity index (χ0) is 15.5. The minimum absolute atomic E-state index is 0.0375. The molecule has 22 heavy (non-hydrogen) atoms. The fourth-order valence-corrected chi connectivity index (χ4v) is 3.07. The highest BCUT2D eigenvalue weighted by atomic mass is 32.1. The molecule has 0 spiro atoms. The van der Waals surface area contributed by atoms with E-state index in [-0.39, 0.29) is 5.69 Å². The Labute approximate surface area is 131 Å². The van der Waals surface area contributed by atoms with Gasteiger partial charge < -0.3 is 14.9 Å². The summed E-state index contributed by atoms with van der Waals surface area (Å²) < 4.78 is 4.22. The molecular weight excluding hydrogens is 304 g/mol. The number of aromatic nitrogens is 4. The minimum atomic E-state index is -1.06. The summed E-state index contributed by atoms with van der Waals surface area (Å²) in [6, 6.07) is 0. The Kier molecular flexibility index (Phi) is 4.14. The van der Waals surface area contributed by atoms with E-state index in [0.29, 0.717) is 5.82 Å². The van der Waals surface area contributed by atoms with Crippen molar-refractivity contribution in [3.8, 4) is 0 Å². The maximum Gasteiger partial charge on any atom is 0.356 e. The third-order valence-corrected chi connectivity index (χ3v) is 4.33. The fraction of sp³-hybridized carbons (Fsp3) is 0.462. The summed E-state index contributed by atoms with van der Waals surface area (Å²) in [5, 5.41) is 9.81. The van der Waals surface area contributed by atoms with E-state index in [1.54, 1.807) is 0 Å². The predicted octanol–water partition coefficient (Wildman–Crippen LogP) is 1.05. The molecule has 8 nitrogen and oxygen atoms in total. The summed E-state index contributed by atoms with van der Waals surface area (Å²) in [6.07, 6.45) is 3.80. The van der Waals surface area contributed by atoms with E-state index < -0.39 is 5.97 Å². The van der Waals surface area contributed by atoms with E-state index >= 15 is 0 Å². The molecule has 3 rings (SSSR count). The summed E-state index contributed by atoms with van der Waals surface area (Å²) in [5.41, 5.74) is -0.0375. The molecule has 3 heterocycles. The number of carboxylic acids is 1. The van der Waals surface area contributed by atoms with Gasteiger partial charge in [-0.05, 0) is 13.3 Å². The second kappa shape index (κ2) is 6.22. The van der Waals surface area contributed by atoms with Crippen LogP contribution in [0.5, 0.6) is 0 Å². The Morgan fingerprint density at radius 3 is 2.59 bits per heavy atom. The number of aryl methyl sites for hydroxylation is 1. The van der Waals surface area contributed by atoms with Gasteiger partial charge in [-0.15, -0.1) is 0 Å². The van der Waals surface area contributed by atoms with Gasteiger partial charge in [-0.1, -0.05) is 0 Å². The van der Waals surface area contributed by atoms with Crippen LogP contribution >= 0.6 is 11.5 Å². The number of carboxylic acid groups (broad SMARTS) is 1. The molecule has 1 aliphatic rings. The highest BCUT2D eigenvalue weighted by Gasteiger charge is 2.19. The first kappa shape index (κ1) is 14.6. The van der Waals surface area contributed by atoms with Crippen molar-refractivity contribution in [2.75, 3.05) is 36.0 Å². The molecule has 0 aliphatic carbocycles. The van der Waals surface area contributed by atoms with Crippen molar-refractivity contribution in [2.24, 2.45) is 0 Å². The number of hydrogen-bond donors (Lipinski definition) is 1. The van der Waals surface area contributed by atoms with Gasteiger partial charge >= 0.3 is 5.97 Å². The van der Waals surface area contributed by atoms with Crippen LogP contribution in [-0.4, -0.2) is 56.6 Å². The molecule has 2 aromatic heterocycles. The zero-order valence-corrected chi connectivity index (χ0v) is 13.0. The Morgan fingerprint density at radius 1 is 1.18 bits per heavy atom. The fourth-order valence-electron chi connectivity index (χ4n) is 2.35. The first-order chi connectivity index (χ1) is 10.6. The van der Waals surface area contributed by atoms with Gasteiger partial charge in [0, 0.05) is 37.7 Å². The number of carbonyl (C=O) groups is 1. The summed E-state index contributed by atoms with van der Waals surface area (Å²) >= 11 is 1.42. The van der Waals surface area contributed by atoms with Gasteiger partial charge in [0.2, 0.25) is 5.13 Å². The number of anilines is 2. The van der Waals surface area contributed by atoms with E-state index in [1.165, 1.54) is 23.9 Å². The summed E-state index contributed by atoms with van der Waals surface area (Å²) in [6.45, 7) is 5.29. The Hall–Kier alpha value is -2.29. The molecule has 0 saturated carbocycles. The normalized spacial score (nSPS) is 15.7. The minimum Gasteiger partial charge on any atom is -0.476 e. The van der Waals surface area contributed by atoms with Crippen molar-refractivity contribution in [3.63, 3.8) is 0 Å². The van der Waals surface area contributed by atoms with Crippen LogP contribution in [0.3, 0.4) is 0 Å². The van der Waals surface area contributed by atoms with Crippen LogP contribution in [0.25, 0.3) is 0 Å². The highest BCUT2D eigenvalue weighted by Crippen LogP contribution is 2.20. The Bertz CT molecular complexity index is 659. The number of aromatic carboxylic acids is 1. The van der Waals surface area contributed by atoms with E-state index in [9.17, 15) is 4.79 Å². The number of hydrogen-bond acceptors (Lipinski definition) is 8. The molecule has 1 N–H and O–H groups in total. The van der Waals surface area contributed by atoms with Crippen molar-refractivity contribution in [2.45, 2.75) is 13.3 Å². The molecule has 1 saturated heterocycles. The van der Waals surface area contributed by atoms with Crippen molar-refractivity contribution in [3.05, 3.63) is 23.9 Å². The molecule has 2 aromatic rings. The first-order valence-electron chi connectivity index (χ1n) is 6.99. The maximum atomic E-state index is 10.8. The van der Waals surface area contributed by atoms with Crippen molar-refractivity contribution >= 4 is 28.5 Å². The third kappa shape index (κ3) is 3.14. The topological polar surface area (TPSA) is 95.3 Å². The van der Waals surface area contributed by atoms with Crippen LogP contribution in [0, 0.1) is 6.92 Å². The van der Waals surface area contributed by atoms with Crippen LogP contribution in [-0.2, 0) is 0 Å². The van der Waals surface area contributed by atoms with Gasteiger partial charge in [-0.2, -0.15) is 4.37 Å². The molecule has 1 fully saturated rings. The smallest absolute Gasteiger partial charge is 0.356 e. The summed E-state index contributed by atoms with van der Waals surface area (Å²) in [5.74, 6) is 0.448. The lowest BCUT2D eigenvalue weighted by Crippen LogP contribution is -2.31. The number of nitrogens with zero attached hydrogens (tertiary/aromatic N) is 6. The average molecular weight is 320 g/mol. The lowest BCUT2D eigenvalue weighted by atomic mass is 10.4. The monoisotopic (exact) mass is 320 g/mol. The van der Waals surface area contributed by atoms with E-state index in [2.05, 4.69) is 29.1 Å².